The molecule has 350 valence electrons. The summed E-state index contributed by atoms with van der Waals surface area (Å²) in [7, 11) is 0. The molecule has 0 fully saturated rings. The van der Waals surface area contributed by atoms with Crippen LogP contribution in [0.5, 0.6) is 46.0 Å². The quantitative estimate of drug-likeness (QED) is 0.0292. The maximum atomic E-state index is 12.0. The number of phenols is 8. The van der Waals surface area contributed by atoms with Crippen LogP contribution < -0.4 is 5.32 Å². The van der Waals surface area contributed by atoms with Gasteiger partial charge in [-0.1, -0.05) is 103 Å². The third-order valence-corrected chi connectivity index (χ3v) is 13.7. The summed E-state index contributed by atoms with van der Waals surface area (Å²) in [6.07, 6.45) is 1.10. The van der Waals surface area contributed by atoms with Crippen molar-refractivity contribution in [1.82, 2.24) is 0 Å². The van der Waals surface area contributed by atoms with E-state index in [1.54, 1.807) is 84.9 Å². The fraction of sp³-hybridized carbons (Fsp3) is 0.115. The molecule has 9 aromatic rings. The van der Waals surface area contributed by atoms with Gasteiger partial charge >= 0.3 is 0 Å². The molecular formula is C61H53NO8. The Hall–Kier alpha value is -8.82. The first-order chi connectivity index (χ1) is 33.6. The summed E-state index contributed by atoms with van der Waals surface area (Å²) in [5.41, 5.74) is 9.29. The van der Waals surface area contributed by atoms with E-state index in [1.807, 2.05) is 84.9 Å². The first-order valence-electron chi connectivity index (χ1n) is 23.0. The Morgan fingerprint density at radius 2 is 0.557 bits per heavy atom. The van der Waals surface area contributed by atoms with Crippen molar-refractivity contribution >= 4 is 11.4 Å². The van der Waals surface area contributed by atoms with Gasteiger partial charge in [0.05, 0.1) is 5.69 Å². The molecule has 0 saturated carbocycles. The summed E-state index contributed by atoms with van der Waals surface area (Å²) in [5, 5.41) is 88.7. The molecule has 9 heteroatoms. The van der Waals surface area contributed by atoms with Gasteiger partial charge in [0.1, 0.15) is 46.0 Å². The Morgan fingerprint density at radius 1 is 0.300 bits per heavy atom. The van der Waals surface area contributed by atoms with Crippen LogP contribution in [0, 0.1) is 0 Å². The van der Waals surface area contributed by atoms with Crippen LogP contribution >= 0.6 is 0 Å². The highest BCUT2D eigenvalue weighted by atomic mass is 16.3. The largest absolute Gasteiger partial charge is 0.508 e. The van der Waals surface area contributed by atoms with Crippen LogP contribution in [0.15, 0.2) is 194 Å². The van der Waals surface area contributed by atoms with Crippen molar-refractivity contribution in [3.63, 3.8) is 0 Å². The standard InChI is InChI=1S/C61H53NO8/c1-60(46-13-25-54(66)26-14-46,48-34-41(31-38-3-19-51(63)20-4-38)58(69)42(35-48)32-39-5-21-52(64)22-6-39)44-9-11-45(12-10-44)61(2,47-15-27-55(67)28-16-47)49-36-43(33-40-7-23-53(65)24-8-40)59(70)57(37-49)62-50-17-29-56(68)30-18-50/h3-30,34-37,62-70H,31-33H2,1-2H3. The smallest absolute Gasteiger partial charge is 0.142 e. The Bertz CT molecular complexity index is 2900. The van der Waals surface area contributed by atoms with Gasteiger partial charge < -0.3 is 46.2 Å². The van der Waals surface area contributed by atoms with Crippen LogP contribution in [0.4, 0.5) is 11.4 Å². The minimum Gasteiger partial charge on any atom is -0.508 e. The maximum Gasteiger partial charge on any atom is 0.142 e. The molecule has 2 atom stereocenters. The predicted octanol–water partition coefficient (Wildman–Crippen LogP) is 12.6. The van der Waals surface area contributed by atoms with Crippen LogP contribution in [0.25, 0.3) is 0 Å². The van der Waals surface area contributed by atoms with E-state index in [-0.39, 0.29) is 46.0 Å². The SMILES string of the molecule is CC(c1ccc(O)cc1)(c1ccc(C(C)(c2ccc(O)cc2)c2cc(Cc3ccc(O)cc3)c(O)c(Nc3ccc(O)cc3)c2)cc1)c1cc(Cc2ccc(O)cc2)c(O)c(Cc2ccc(O)cc2)c1. The van der Waals surface area contributed by atoms with Crippen LogP contribution in [0.3, 0.4) is 0 Å². The summed E-state index contributed by atoms with van der Waals surface area (Å²) >= 11 is 0. The number of rotatable bonds is 14. The normalized spacial score (nSPS) is 13.0. The van der Waals surface area contributed by atoms with Crippen molar-refractivity contribution in [1.29, 1.82) is 0 Å². The van der Waals surface area contributed by atoms with E-state index in [0.29, 0.717) is 47.3 Å². The van der Waals surface area contributed by atoms with Crippen molar-refractivity contribution in [2.45, 2.75) is 43.9 Å². The van der Waals surface area contributed by atoms with E-state index in [0.717, 1.165) is 50.1 Å². The Kier molecular flexibility index (Phi) is 12.6. The summed E-state index contributed by atoms with van der Waals surface area (Å²) < 4.78 is 0. The zero-order chi connectivity index (χ0) is 49.2. The zero-order valence-corrected chi connectivity index (χ0v) is 38.7. The third-order valence-electron chi connectivity index (χ3n) is 13.7. The van der Waals surface area contributed by atoms with Gasteiger partial charge in [0.2, 0.25) is 0 Å². The molecule has 9 N–H and O–H groups in total. The molecule has 0 bridgehead atoms. The molecular weight excluding hydrogens is 875 g/mol. The second-order valence-electron chi connectivity index (χ2n) is 18.3. The first kappa shape index (κ1) is 46.3. The first-order valence-corrected chi connectivity index (χ1v) is 23.0. The molecule has 0 amide bonds. The summed E-state index contributed by atoms with van der Waals surface area (Å²) in [4.78, 5) is 0. The average Bonchev–Trinajstić information content (AvgIpc) is 3.36. The van der Waals surface area contributed by atoms with Crippen molar-refractivity contribution in [3.8, 4) is 46.0 Å². The minimum atomic E-state index is -0.892. The van der Waals surface area contributed by atoms with Crippen molar-refractivity contribution in [3.05, 3.63) is 261 Å². The average molecular weight is 928 g/mol. The molecule has 0 aromatic heterocycles. The van der Waals surface area contributed by atoms with Crippen LogP contribution in [0.2, 0.25) is 0 Å². The molecule has 2 unspecified atom stereocenters. The van der Waals surface area contributed by atoms with Crippen molar-refractivity contribution < 1.29 is 40.9 Å². The highest BCUT2D eigenvalue weighted by Gasteiger charge is 2.36. The van der Waals surface area contributed by atoms with Gasteiger partial charge in [-0.3, -0.25) is 0 Å². The van der Waals surface area contributed by atoms with Gasteiger partial charge in [0.15, 0.2) is 0 Å². The summed E-state index contributed by atoms with van der Waals surface area (Å²) in [5.74, 6) is 0.958. The lowest BCUT2D eigenvalue weighted by atomic mass is 9.67. The molecule has 0 heterocycles. The van der Waals surface area contributed by atoms with E-state index < -0.39 is 10.8 Å². The van der Waals surface area contributed by atoms with E-state index in [4.69, 9.17) is 0 Å². The van der Waals surface area contributed by atoms with Gasteiger partial charge in [0, 0.05) is 41.3 Å². The van der Waals surface area contributed by atoms with E-state index in [9.17, 15) is 40.9 Å². The van der Waals surface area contributed by atoms with E-state index in [2.05, 4.69) is 43.4 Å². The fourth-order valence-corrected chi connectivity index (χ4v) is 9.46. The zero-order valence-electron chi connectivity index (χ0n) is 38.7. The lowest BCUT2D eigenvalue weighted by Gasteiger charge is -2.36. The number of hydrogen-bond donors (Lipinski definition) is 9. The molecule has 0 aliphatic carbocycles. The molecule has 9 nitrogen and oxygen atoms in total. The lowest BCUT2D eigenvalue weighted by Crippen LogP contribution is -2.28. The van der Waals surface area contributed by atoms with Gasteiger partial charge in [-0.25, -0.2) is 0 Å². The highest BCUT2D eigenvalue weighted by molar-refractivity contribution is 5.72. The van der Waals surface area contributed by atoms with Crippen LogP contribution in [-0.2, 0) is 30.1 Å². The van der Waals surface area contributed by atoms with Gasteiger partial charge in [-0.2, -0.15) is 0 Å². The Balaban J connectivity index is 1.21. The molecule has 70 heavy (non-hydrogen) atoms. The molecule has 0 aliphatic heterocycles. The Morgan fingerprint density at radius 3 is 0.886 bits per heavy atom. The van der Waals surface area contributed by atoms with E-state index in [1.165, 1.54) is 0 Å². The second-order valence-corrected chi connectivity index (χ2v) is 18.3. The number of hydrogen-bond acceptors (Lipinski definition) is 9. The number of phenolic OH excluding ortho intramolecular Hbond substituents is 8. The topological polar surface area (TPSA) is 174 Å². The molecule has 0 aliphatic rings. The van der Waals surface area contributed by atoms with Crippen molar-refractivity contribution in [2.75, 3.05) is 5.32 Å². The number of nitrogens with one attached hydrogen (secondary N) is 1. The predicted molar refractivity (Wildman–Crippen MR) is 274 cm³/mol. The Labute approximate surface area is 406 Å². The fourth-order valence-electron chi connectivity index (χ4n) is 9.46. The number of anilines is 2. The van der Waals surface area contributed by atoms with Gasteiger partial charge in [0.25, 0.3) is 0 Å². The highest BCUT2D eigenvalue weighted by Crippen LogP contribution is 2.47. The second kappa shape index (κ2) is 19.1. The van der Waals surface area contributed by atoms with Gasteiger partial charge in [-0.05, 0) is 166 Å². The van der Waals surface area contributed by atoms with E-state index >= 15 is 0 Å². The van der Waals surface area contributed by atoms with Crippen LogP contribution in [0.1, 0.15) is 80.6 Å². The minimum absolute atomic E-state index is 0.0430. The van der Waals surface area contributed by atoms with Gasteiger partial charge in [-0.15, -0.1) is 0 Å². The maximum absolute atomic E-state index is 12.0. The number of benzene rings is 9. The third kappa shape index (κ3) is 9.50. The lowest BCUT2D eigenvalue weighted by molar-refractivity contribution is 0.462. The van der Waals surface area contributed by atoms with Crippen molar-refractivity contribution in [2.24, 2.45) is 0 Å². The molecule has 0 spiro atoms. The molecule has 0 saturated heterocycles. The molecule has 9 aromatic carbocycles. The van der Waals surface area contributed by atoms with Crippen LogP contribution in [-0.4, -0.2) is 40.9 Å². The number of aromatic hydroxyl groups is 8. The monoisotopic (exact) mass is 927 g/mol. The molecule has 9 rings (SSSR count). The summed E-state index contributed by atoms with van der Waals surface area (Å²) in [6.45, 7) is 4.24. The molecule has 0 radical (unpaired) electrons. The summed E-state index contributed by atoms with van der Waals surface area (Å²) in [6, 6.07) is 57.9.